The molecule has 1 N–H and O–H groups in total. The maximum Gasteiger partial charge on any atom is 0.287 e. The van der Waals surface area contributed by atoms with Gasteiger partial charge in [-0.15, -0.1) is 0 Å². The van der Waals surface area contributed by atoms with E-state index < -0.39 is 0 Å². The normalized spacial score (nSPS) is 12.2. The molecule has 1 aromatic heterocycles. The zero-order valence-corrected chi connectivity index (χ0v) is 12.9. The quantitative estimate of drug-likeness (QED) is 0.908. The van der Waals surface area contributed by atoms with Gasteiger partial charge in [0.05, 0.1) is 6.10 Å². The molecule has 5 heteroatoms. The fourth-order valence-electron chi connectivity index (χ4n) is 1.98. The Morgan fingerprint density at radius 1 is 1.35 bits per heavy atom. The summed E-state index contributed by atoms with van der Waals surface area (Å²) in [5.74, 6) is 0.0165. The van der Waals surface area contributed by atoms with E-state index in [-0.39, 0.29) is 17.8 Å². The van der Waals surface area contributed by atoms with Crippen LogP contribution < -0.4 is 5.32 Å². The van der Waals surface area contributed by atoms with Crippen molar-refractivity contribution in [3.63, 3.8) is 0 Å². The van der Waals surface area contributed by atoms with Gasteiger partial charge in [-0.3, -0.25) is 4.79 Å². The third kappa shape index (κ3) is 3.49. The Labute approximate surface area is 126 Å². The van der Waals surface area contributed by atoms with Crippen LogP contribution in [0.4, 0.5) is 0 Å². The highest BCUT2D eigenvalue weighted by atomic mass is 79.9. The monoisotopic (exact) mass is 337 g/mol. The first-order chi connectivity index (χ1) is 9.61. The summed E-state index contributed by atoms with van der Waals surface area (Å²) in [4.78, 5) is 11.9. The van der Waals surface area contributed by atoms with Crippen LogP contribution in [0.3, 0.4) is 0 Å². The molecule has 0 aliphatic heterocycles. The molecule has 0 fully saturated rings. The van der Waals surface area contributed by atoms with E-state index in [9.17, 15) is 4.79 Å². The number of aryl methyl sites for hydroxylation is 1. The van der Waals surface area contributed by atoms with Gasteiger partial charge in [0.1, 0.15) is 0 Å². The Morgan fingerprint density at radius 3 is 2.70 bits per heavy atom. The number of ether oxygens (including phenoxy) is 1. The van der Waals surface area contributed by atoms with Crippen LogP contribution in [-0.2, 0) is 4.74 Å². The molecule has 0 radical (unpaired) electrons. The fourth-order valence-corrected chi connectivity index (χ4v) is 2.28. The lowest BCUT2D eigenvalue weighted by molar-refractivity contribution is 0.0804. The van der Waals surface area contributed by atoms with Crippen molar-refractivity contribution in [1.29, 1.82) is 0 Å². The number of furan rings is 1. The molecule has 20 heavy (non-hydrogen) atoms. The molecule has 2 rings (SSSR count). The van der Waals surface area contributed by atoms with Crippen molar-refractivity contribution in [3.05, 3.63) is 58.0 Å². The second-order valence-electron chi connectivity index (χ2n) is 4.39. The second kappa shape index (κ2) is 6.72. The molecular weight excluding hydrogens is 322 g/mol. The second-order valence-corrected chi connectivity index (χ2v) is 5.18. The van der Waals surface area contributed by atoms with Gasteiger partial charge >= 0.3 is 0 Å². The number of carbonyl (C=O) groups is 1. The summed E-state index contributed by atoms with van der Waals surface area (Å²) in [6, 6.07) is 11.3. The lowest BCUT2D eigenvalue weighted by Gasteiger charge is -2.18. The Balaban J connectivity index is 2.01. The summed E-state index contributed by atoms with van der Waals surface area (Å²) < 4.78 is 11.2. The maximum atomic E-state index is 11.9. The number of methoxy groups -OCH3 is 1. The standard InChI is InChI=1S/C15H16BrNO3/c1-10-5-3-4-6-11(10)13(19-2)9-17-15(18)12-7-8-14(16)20-12/h3-8,13H,9H2,1-2H3,(H,17,18)/t13-/m0/s1. The molecule has 0 unspecified atom stereocenters. The van der Waals surface area contributed by atoms with Gasteiger partial charge in [-0.1, -0.05) is 24.3 Å². The SMILES string of the molecule is CO[C@@H](CNC(=O)c1ccc(Br)o1)c1ccccc1C. The lowest BCUT2D eigenvalue weighted by Crippen LogP contribution is -2.29. The molecule has 2 aromatic rings. The van der Waals surface area contributed by atoms with Gasteiger partial charge in [-0.2, -0.15) is 0 Å². The molecule has 0 saturated heterocycles. The number of hydrogen-bond acceptors (Lipinski definition) is 3. The Bertz CT molecular complexity index is 594. The minimum absolute atomic E-state index is 0.182. The van der Waals surface area contributed by atoms with Crippen LogP contribution in [0.25, 0.3) is 0 Å². The first-order valence-electron chi connectivity index (χ1n) is 6.23. The van der Waals surface area contributed by atoms with E-state index in [1.807, 2.05) is 31.2 Å². The van der Waals surface area contributed by atoms with Crippen molar-refractivity contribution in [2.75, 3.05) is 13.7 Å². The van der Waals surface area contributed by atoms with Crippen LogP contribution in [0.15, 0.2) is 45.5 Å². The van der Waals surface area contributed by atoms with Gasteiger partial charge in [0, 0.05) is 13.7 Å². The summed E-state index contributed by atoms with van der Waals surface area (Å²) >= 11 is 3.17. The molecule has 0 aliphatic carbocycles. The predicted molar refractivity (Wildman–Crippen MR) is 79.7 cm³/mol. The van der Waals surface area contributed by atoms with E-state index in [2.05, 4.69) is 21.2 Å². The molecule has 4 nitrogen and oxygen atoms in total. The predicted octanol–water partition coefficient (Wildman–Crippen LogP) is 3.47. The van der Waals surface area contributed by atoms with Crippen LogP contribution in [0.2, 0.25) is 0 Å². The van der Waals surface area contributed by atoms with E-state index in [1.165, 1.54) is 0 Å². The largest absolute Gasteiger partial charge is 0.444 e. The number of carbonyl (C=O) groups excluding carboxylic acids is 1. The van der Waals surface area contributed by atoms with Gasteiger partial charge in [0.15, 0.2) is 10.4 Å². The molecule has 1 heterocycles. The van der Waals surface area contributed by atoms with E-state index in [0.717, 1.165) is 11.1 Å². The van der Waals surface area contributed by atoms with Crippen LogP contribution >= 0.6 is 15.9 Å². The van der Waals surface area contributed by atoms with Gasteiger partial charge < -0.3 is 14.5 Å². The third-order valence-corrected chi connectivity index (χ3v) is 3.49. The fraction of sp³-hybridized carbons (Fsp3) is 0.267. The van der Waals surface area contributed by atoms with E-state index in [1.54, 1.807) is 19.2 Å². The van der Waals surface area contributed by atoms with Gasteiger partial charge in [-0.05, 0) is 46.1 Å². The number of halogens is 1. The molecule has 0 aliphatic rings. The summed E-state index contributed by atoms with van der Waals surface area (Å²) in [5, 5.41) is 2.81. The smallest absolute Gasteiger partial charge is 0.287 e. The molecule has 1 aromatic carbocycles. The Morgan fingerprint density at radius 2 is 2.10 bits per heavy atom. The molecule has 0 spiro atoms. The summed E-state index contributed by atoms with van der Waals surface area (Å²) in [5.41, 5.74) is 2.20. The summed E-state index contributed by atoms with van der Waals surface area (Å²) in [6.45, 7) is 2.41. The molecule has 1 atom stereocenters. The van der Waals surface area contributed by atoms with Crippen LogP contribution in [-0.4, -0.2) is 19.6 Å². The lowest BCUT2D eigenvalue weighted by atomic mass is 10.0. The highest BCUT2D eigenvalue weighted by Gasteiger charge is 2.16. The van der Waals surface area contributed by atoms with Crippen LogP contribution in [0, 0.1) is 6.92 Å². The van der Waals surface area contributed by atoms with Gasteiger partial charge in [0.25, 0.3) is 5.91 Å². The van der Waals surface area contributed by atoms with E-state index in [0.29, 0.717) is 11.2 Å². The number of hydrogen-bond donors (Lipinski definition) is 1. The van der Waals surface area contributed by atoms with E-state index in [4.69, 9.17) is 9.15 Å². The molecular formula is C15H16BrNO3. The molecule has 106 valence electrons. The Hall–Kier alpha value is -1.59. The summed E-state index contributed by atoms with van der Waals surface area (Å²) in [6.07, 6.45) is -0.182. The number of nitrogens with one attached hydrogen (secondary N) is 1. The Kier molecular flexibility index (Phi) is 4.98. The van der Waals surface area contributed by atoms with Gasteiger partial charge in [-0.25, -0.2) is 0 Å². The molecule has 0 bridgehead atoms. The average molecular weight is 338 g/mol. The van der Waals surface area contributed by atoms with Gasteiger partial charge in [0.2, 0.25) is 0 Å². The van der Waals surface area contributed by atoms with Crippen molar-refractivity contribution in [2.24, 2.45) is 0 Å². The van der Waals surface area contributed by atoms with E-state index >= 15 is 0 Å². The number of amides is 1. The number of rotatable bonds is 5. The number of benzene rings is 1. The summed E-state index contributed by atoms with van der Waals surface area (Å²) in [7, 11) is 1.63. The van der Waals surface area contributed by atoms with Crippen molar-refractivity contribution < 1.29 is 13.9 Å². The zero-order chi connectivity index (χ0) is 14.5. The highest BCUT2D eigenvalue weighted by molar-refractivity contribution is 9.10. The van der Waals surface area contributed by atoms with Crippen molar-refractivity contribution in [3.8, 4) is 0 Å². The van der Waals surface area contributed by atoms with Crippen molar-refractivity contribution in [1.82, 2.24) is 5.32 Å². The van der Waals surface area contributed by atoms with Crippen LogP contribution in [0.5, 0.6) is 0 Å². The third-order valence-electron chi connectivity index (χ3n) is 3.06. The topological polar surface area (TPSA) is 51.5 Å². The van der Waals surface area contributed by atoms with Crippen molar-refractivity contribution in [2.45, 2.75) is 13.0 Å². The molecule has 1 amide bonds. The van der Waals surface area contributed by atoms with Crippen molar-refractivity contribution >= 4 is 21.8 Å². The zero-order valence-electron chi connectivity index (χ0n) is 11.4. The maximum absolute atomic E-state index is 11.9. The first kappa shape index (κ1) is 14.8. The molecule has 0 saturated carbocycles. The average Bonchev–Trinajstić information content (AvgIpc) is 2.88. The minimum Gasteiger partial charge on any atom is -0.444 e. The highest BCUT2D eigenvalue weighted by Crippen LogP contribution is 2.20. The van der Waals surface area contributed by atoms with Crippen LogP contribution in [0.1, 0.15) is 27.8 Å². The minimum atomic E-state index is -0.258. The first-order valence-corrected chi connectivity index (χ1v) is 7.03.